The first kappa shape index (κ1) is 8.47. The standard InChI is InChI=1S/C9H14O2/c10-6-4-2-1-3-5-8-7-9(8)11/h7,10H,1-6H2. The Morgan fingerprint density at radius 2 is 1.82 bits per heavy atom. The lowest BCUT2D eigenvalue weighted by Gasteiger charge is -1.94. The van der Waals surface area contributed by atoms with Crippen molar-refractivity contribution in [3.05, 3.63) is 21.9 Å². The summed E-state index contributed by atoms with van der Waals surface area (Å²) in [4.78, 5) is 10.5. The van der Waals surface area contributed by atoms with E-state index in [2.05, 4.69) is 0 Å². The highest BCUT2D eigenvalue weighted by molar-refractivity contribution is 5.22. The molecule has 0 fully saturated rings. The van der Waals surface area contributed by atoms with E-state index >= 15 is 0 Å². The minimum Gasteiger partial charge on any atom is -0.396 e. The molecule has 0 heterocycles. The molecule has 0 radical (unpaired) electrons. The van der Waals surface area contributed by atoms with Gasteiger partial charge in [0.15, 0.2) is 5.43 Å². The van der Waals surface area contributed by atoms with Gasteiger partial charge in [-0.2, -0.15) is 0 Å². The minimum absolute atomic E-state index is 0.243. The maximum Gasteiger partial charge on any atom is 0.182 e. The van der Waals surface area contributed by atoms with Crippen molar-refractivity contribution >= 4 is 0 Å². The van der Waals surface area contributed by atoms with E-state index < -0.39 is 0 Å². The zero-order valence-corrected chi connectivity index (χ0v) is 6.68. The second kappa shape index (κ2) is 4.29. The quantitative estimate of drug-likeness (QED) is 0.621. The predicted octanol–water partition coefficient (Wildman–Crippen LogP) is 1.02. The number of hydrogen-bond acceptors (Lipinski definition) is 2. The molecule has 0 aliphatic heterocycles. The molecule has 1 aromatic carbocycles. The van der Waals surface area contributed by atoms with Crippen molar-refractivity contribution in [2.45, 2.75) is 32.1 Å². The third-order valence-electron chi connectivity index (χ3n) is 1.89. The maximum absolute atomic E-state index is 10.5. The zero-order valence-electron chi connectivity index (χ0n) is 6.68. The molecule has 0 amide bonds. The van der Waals surface area contributed by atoms with Gasteiger partial charge in [-0.05, 0) is 25.3 Å². The molecule has 2 heteroatoms. The van der Waals surface area contributed by atoms with Crippen LogP contribution >= 0.6 is 0 Å². The average molecular weight is 154 g/mol. The summed E-state index contributed by atoms with van der Waals surface area (Å²) in [5, 5.41) is 8.46. The van der Waals surface area contributed by atoms with Crippen LogP contribution in [0.2, 0.25) is 0 Å². The van der Waals surface area contributed by atoms with Crippen LogP contribution < -0.4 is 5.43 Å². The molecule has 0 aliphatic rings. The highest BCUT2D eigenvalue weighted by Crippen LogP contribution is 2.06. The largest absolute Gasteiger partial charge is 0.396 e. The molecule has 0 aliphatic carbocycles. The second-order valence-corrected chi connectivity index (χ2v) is 2.92. The highest BCUT2D eigenvalue weighted by atomic mass is 16.2. The average Bonchev–Trinajstić information content (AvgIpc) is 2.67. The van der Waals surface area contributed by atoms with Gasteiger partial charge in [0.25, 0.3) is 0 Å². The molecule has 0 saturated heterocycles. The van der Waals surface area contributed by atoms with Gasteiger partial charge in [-0.1, -0.05) is 12.8 Å². The minimum atomic E-state index is 0.243. The SMILES string of the molecule is O=c1cc1CCCCCCO. The van der Waals surface area contributed by atoms with Crippen LogP contribution in [0.3, 0.4) is 0 Å². The summed E-state index contributed by atoms with van der Waals surface area (Å²) in [7, 11) is 0. The molecule has 2 nitrogen and oxygen atoms in total. The van der Waals surface area contributed by atoms with E-state index in [4.69, 9.17) is 5.11 Å². The summed E-state index contributed by atoms with van der Waals surface area (Å²) >= 11 is 0. The molecule has 1 N–H and O–H groups in total. The van der Waals surface area contributed by atoms with Crippen LogP contribution in [0.25, 0.3) is 0 Å². The van der Waals surface area contributed by atoms with Gasteiger partial charge >= 0.3 is 0 Å². The van der Waals surface area contributed by atoms with Crippen molar-refractivity contribution in [3.63, 3.8) is 0 Å². The molecule has 0 spiro atoms. The van der Waals surface area contributed by atoms with Crippen molar-refractivity contribution in [2.75, 3.05) is 6.61 Å². The van der Waals surface area contributed by atoms with Crippen LogP contribution in [-0.4, -0.2) is 11.7 Å². The predicted molar refractivity (Wildman–Crippen MR) is 44.3 cm³/mol. The van der Waals surface area contributed by atoms with Crippen LogP contribution in [-0.2, 0) is 6.42 Å². The third kappa shape index (κ3) is 3.33. The van der Waals surface area contributed by atoms with Gasteiger partial charge in [-0.3, -0.25) is 4.79 Å². The molecule has 62 valence electrons. The molecule has 0 atom stereocenters. The van der Waals surface area contributed by atoms with E-state index in [0.717, 1.165) is 37.7 Å². The van der Waals surface area contributed by atoms with Gasteiger partial charge < -0.3 is 5.11 Å². The number of hydrogen-bond donors (Lipinski definition) is 1. The Labute approximate surface area is 66.5 Å². The van der Waals surface area contributed by atoms with Gasteiger partial charge in [0.2, 0.25) is 0 Å². The first-order chi connectivity index (χ1) is 5.34. The normalized spacial score (nSPS) is 11.0. The Morgan fingerprint density at radius 1 is 1.18 bits per heavy atom. The summed E-state index contributed by atoms with van der Waals surface area (Å²) in [5.41, 5.74) is 1.25. The van der Waals surface area contributed by atoms with E-state index in [0.29, 0.717) is 6.61 Å². The second-order valence-electron chi connectivity index (χ2n) is 2.92. The number of rotatable bonds is 6. The first-order valence-electron chi connectivity index (χ1n) is 4.20. The fraction of sp³-hybridized carbons (Fsp3) is 0.667. The lowest BCUT2D eigenvalue weighted by molar-refractivity contribution is 0.282. The van der Waals surface area contributed by atoms with Crippen molar-refractivity contribution < 1.29 is 5.11 Å². The smallest absolute Gasteiger partial charge is 0.182 e. The van der Waals surface area contributed by atoms with Gasteiger partial charge in [0.05, 0.1) is 0 Å². The summed E-state index contributed by atoms with van der Waals surface area (Å²) in [6, 6.07) is 1.70. The molecule has 11 heavy (non-hydrogen) atoms. The van der Waals surface area contributed by atoms with Crippen molar-refractivity contribution in [1.82, 2.24) is 0 Å². The summed E-state index contributed by atoms with van der Waals surface area (Å²) in [5.74, 6) is 0. The molecule has 1 aromatic rings. The number of aryl methyl sites for hydroxylation is 1. The maximum atomic E-state index is 10.5. The molecule has 0 bridgehead atoms. The van der Waals surface area contributed by atoms with Gasteiger partial charge in [-0.25, -0.2) is 0 Å². The Bertz CT molecular complexity index is 209. The number of unbranched alkanes of at least 4 members (excludes halogenated alkanes) is 3. The van der Waals surface area contributed by atoms with E-state index in [1.54, 1.807) is 6.07 Å². The fourth-order valence-corrected chi connectivity index (χ4v) is 1.10. The molecule has 0 aromatic heterocycles. The monoisotopic (exact) mass is 154 g/mol. The number of aliphatic hydroxyl groups excluding tert-OH is 1. The Kier molecular flexibility index (Phi) is 3.30. The Morgan fingerprint density at radius 3 is 2.36 bits per heavy atom. The lowest BCUT2D eigenvalue weighted by atomic mass is 10.1. The molecule has 0 unspecified atom stereocenters. The first-order valence-corrected chi connectivity index (χ1v) is 4.20. The van der Waals surface area contributed by atoms with E-state index in [9.17, 15) is 4.79 Å². The lowest BCUT2D eigenvalue weighted by Crippen LogP contribution is -1.86. The third-order valence-corrected chi connectivity index (χ3v) is 1.89. The number of aliphatic hydroxyl groups is 1. The van der Waals surface area contributed by atoms with Crippen molar-refractivity contribution in [3.8, 4) is 0 Å². The van der Waals surface area contributed by atoms with Crippen LogP contribution in [0.5, 0.6) is 0 Å². The van der Waals surface area contributed by atoms with Gasteiger partial charge in [0.1, 0.15) is 0 Å². The van der Waals surface area contributed by atoms with E-state index in [1.807, 2.05) is 0 Å². The molecular formula is C9H14O2. The van der Waals surface area contributed by atoms with Crippen LogP contribution in [0, 0.1) is 0 Å². The van der Waals surface area contributed by atoms with Crippen LogP contribution in [0.1, 0.15) is 31.2 Å². The van der Waals surface area contributed by atoms with E-state index in [-0.39, 0.29) is 5.43 Å². The summed E-state index contributed by atoms with van der Waals surface area (Å²) < 4.78 is 0. The Hall–Kier alpha value is -0.630. The van der Waals surface area contributed by atoms with Crippen molar-refractivity contribution in [2.24, 2.45) is 0 Å². The van der Waals surface area contributed by atoms with Crippen LogP contribution in [0.15, 0.2) is 10.9 Å². The Balaban J connectivity index is 1.86. The highest BCUT2D eigenvalue weighted by Gasteiger charge is 2.05. The van der Waals surface area contributed by atoms with Gasteiger partial charge in [0, 0.05) is 12.2 Å². The fourth-order valence-electron chi connectivity index (χ4n) is 1.10. The molecular weight excluding hydrogens is 140 g/mol. The van der Waals surface area contributed by atoms with E-state index in [1.165, 1.54) is 0 Å². The molecule has 0 saturated carbocycles. The summed E-state index contributed by atoms with van der Waals surface area (Å²) in [6.07, 6.45) is 5.15. The zero-order chi connectivity index (χ0) is 8.10. The summed E-state index contributed by atoms with van der Waals surface area (Å²) in [6.45, 7) is 0.293. The topological polar surface area (TPSA) is 37.3 Å². The van der Waals surface area contributed by atoms with Crippen molar-refractivity contribution in [1.29, 1.82) is 0 Å². The van der Waals surface area contributed by atoms with Crippen LogP contribution in [0.4, 0.5) is 0 Å². The molecule has 1 rings (SSSR count). The van der Waals surface area contributed by atoms with Gasteiger partial charge in [-0.15, -0.1) is 0 Å².